The van der Waals surface area contributed by atoms with Gasteiger partial charge in [-0.1, -0.05) is 0 Å². The van der Waals surface area contributed by atoms with Crippen LogP contribution in [0.15, 0.2) is 0 Å². The van der Waals surface area contributed by atoms with Crippen LogP contribution in [0.1, 0.15) is 19.3 Å². The number of fused-ring (bicyclic) bond motifs is 2. The van der Waals surface area contributed by atoms with Gasteiger partial charge in [-0.05, 0) is 31.1 Å². The standard InChI is InChI=1S/C8H11Cl3/c9-7-5-2-1-4(3-5)6(7)8(10)11/h4-8H,1-3H2/t4-,5+,6+,7+/m1/s1. The van der Waals surface area contributed by atoms with E-state index in [1.807, 2.05) is 0 Å². The molecule has 2 fully saturated rings. The second-order valence-corrected chi connectivity index (χ2v) is 5.36. The first kappa shape index (κ1) is 8.47. The Hall–Kier alpha value is 0.870. The first-order valence-electron chi connectivity index (χ1n) is 4.12. The van der Waals surface area contributed by atoms with E-state index in [1.54, 1.807) is 0 Å². The normalized spacial score (nSPS) is 49.1. The summed E-state index contributed by atoms with van der Waals surface area (Å²) in [6.07, 6.45) is 3.83. The highest BCUT2D eigenvalue weighted by Crippen LogP contribution is 2.53. The molecule has 0 nitrogen and oxygen atoms in total. The molecular weight excluding hydrogens is 202 g/mol. The fraction of sp³-hybridized carbons (Fsp3) is 1.00. The maximum atomic E-state index is 6.20. The summed E-state index contributed by atoms with van der Waals surface area (Å²) in [4.78, 5) is -0.257. The molecule has 2 saturated carbocycles. The molecule has 0 spiro atoms. The van der Waals surface area contributed by atoms with Crippen LogP contribution >= 0.6 is 34.8 Å². The van der Waals surface area contributed by atoms with Crippen LogP contribution in [0, 0.1) is 17.8 Å². The summed E-state index contributed by atoms with van der Waals surface area (Å²) < 4.78 is 0. The third kappa shape index (κ3) is 1.28. The Morgan fingerprint density at radius 2 is 1.73 bits per heavy atom. The highest BCUT2D eigenvalue weighted by molar-refractivity contribution is 6.45. The molecule has 2 aliphatic carbocycles. The van der Waals surface area contributed by atoms with Crippen molar-refractivity contribution in [1.82, 2.24) is 0 Å². The zero-order valence-electron chi connectivity index (χ0n) is 6.14. The molecule has 0 aromatic rings. The molecule has 0 aliphatic heterocycles. The van der Waals surface area contributed by atoms with Crippen molar-refractivity contribution in [2.45, 2.75) is 29.5 Å². The van der Waals surface area contributed by atoms with E-state index in [1.165, 1.54) is 19.3 Å². The molecule has 0 amide bonds. The molecule has 4 atom stereocenters. The minimum atomic E-state index is -0.257. The second kappa shape index (κ2) is 2.97. The quantitative estimate of drug-likeness (QED) is 0.586. The van der Waals surface area contributed by atoms with Crippen LogP contribution in [-0.2, 0) is 0 Å². The summed E-state index contributed by atoms with van der Waals surface area (Å²) in [6.45, 7) is 0. The van der Waals surface area contributed by atoms with Crippen LogP contribution in [0.2, 0.25) is 0 Å². The van der Waals surface area contributed by atoms with Crippen LogP contribution < -0.4 is 0 Å². The first-order chi connectivity index (χ1) is 5.20. The van der Waals surface area contributed by atoms with Gasteiger partial charge >= 0.3 is 0 Å². The van der Waals surface area contributed by atoms with Crippen molar-refractivity contribution in [2.75, 3.05) is 0 Å². The van der Waals surface area contributed by atoms with Crippen molar-refractivity contribution < 1.29 is 0 Å². The number of alkyl halides is 3. The van der Waals surface area contributed by atoms with Gasteiger partial charge in [-0.15, -0.1) is 34.8 Å². The van der Waals surface area contributed by atoms with E-state index in [0.29, 0.717) is 17.8 Å². The average molecular weight is 214 g/mol. The summed E-state index contributed by atoms with van der Waals surface area (Å²) in [6, 6.07) is 0. The largest absolute Gasteiger partial charge is 0.122 e. The lowest BCUT2D eigenvalue weighted by molar-refractivity contribution is 0.357. The van der Waals surface area contributed by atoms with E-state index < -0.39 is 0 Å². The van der Waals surface area contributed by atoms with Crippen molar-refractivity contribution in [3.05, 3.63) is 0 Å². The number of hydrogen-bond donors (Lipinski definition) is 0. The molecule has 64 valence electrons. The van der Waals surface area contributed by atoms with E-state index in [-0.39, 0.29) is 10.2 Å². The summed E-state index contributed by atoms with van der Waals surface area (Å²) >= 11 is 17.9. The molecule has 0 heterocycles. The van der Waals surface area contributed by atoms with Gasteiger partial charge in [0.1, 0.15) is 4.84 Å². The summed E-state index contributed by atoms with van der Waals surface area (Å²) in [5, 5.41) is 0.244. The van der Waals surface area contributed by atoms with Crippen molar-refractivity contribution >= 4 is 34.8 Å². The molecule has 0 unspecified atom stereocenters. The first-order valence-corrected chi connectivity index (χ1v) is 5.43. The van der Waals surface area contributed by atoms with Gasteiger partial charge < -0.3 is 0 Å². The Kier molecular flexibility index (Phi) is 2.29. The molecule has 0 aromatic heterocycles. The van der Waals surface area contributed by atoms with E-state index >= 15 is 0 Å². The van der Waals surface area contributed by atoms with Crippen LogP contribution in [0.25, 0.3) is 0 Å². The van der Waals surface area contributed by atoms with Gasteiger partial charge in [0.05, 0.1) is 0 Å². The smallest absolute Gasteiger partial charge is 0.112 e. The minimum absolute atomic E-state index is 0.244. The van der Waals surface area contributed by atoms with Crippen LogP contribution in [0.3, 0.4) is 0 Å². The third-order valence-corrected chi connectivity index (χ3v) is 4.40. The molecule has 0 N–H and O–H groups in total. The van der Waals surface area contributed by atoms with E-state index in [9.17, 15) is 0 Å². The van der Waals surface area contributed by atoms with Crippen molar-refractivity contribution in [2.24, 2.45) is 17.8 Å². The minimum Gasteiger partial charge on any atom is -0.122 e. The van der Waals surface area contributed by atoms with Gasteiger partial charge in [-0.25, -0.2) is 0 Å². The van der Waals surface area contributed by atoms with Crippen molar-refractivity contribution in [3.8, 4) is 0 Å². The van der Waals surface area contributed by atoms with E-state index in [2.05, 4.69) is 0 Å². The predicted octanol–water partition coefficient (Wildman–Crippen LogP) is 3.44. The Morgan fingerprint density at radius 3 is 2.09 bits per heavy atom. The topological polar surface area (TPSA) is 0 Å². The molecule has 2 rings (SSSR count). The monoisotopic (exact) mass is 212 g/mol. The maximum Gasteiger partial charge on any atom is 0.112 e. The molecule has 2 aliphatic rings. The Balaban J connectivity index is 2.11. The zero-order valence-corrected chi connectivity index (χ0v) is 8.41. The van der Waals surface area contributed by atoms with Crippen LogP contribution in [-0.4, -0.2) is 10.2 Å². The van der Waals surface area contributed by atoms with E-state index in [0.717, 1.165) is 0 Å². The molecule has 0 saturated heterocycles. The lowest BCUT2D eigenvalue weighted by atomic mass is 9.90. The molecule has 0 aromatic carbocycles. The lowest BCUT2D eigenvalue weighted by Gasteiger charge is -2.27. The summed E-state index contributed by atoms with van der Waals surface area (Å²) in [5.74, 6) is 1.77. The Morgan fingerprint density at radius 1 is 1.09 bits per heavy atom. The van der Waals surface area contributed by atoms with Crippen molar-refractivity contribution in [1.29, 1.82) is 0 Å². The Labute approximate surface area is 82.2 Å². The molecule has 0 radical (unpaired) electrons. The van der Waals surface area contributed by atoms with E-state index in [4.69, 9.17) is 34.8 Å². The average Bonchev–Trinajstić information content (AvgIpc) is 2.44. The second-order valence-electron chi connectivity index (χ2n) is 3.69. The zero-order chi connectivity index (χ0) is 8.01. The van der Waals surface area contributed by atoms with Gasteiger partial charge in [0.2, 0.25) is 0 Å². The van der Waals surface area contributed by atoms with Gasteiger partial charge in [-0.3, -0.25) is 0 Å². The highest BCUT2D eigenvalue weighted by Gasteiger charge is 2.48. The van der Waals surface area contributed by atoms with Crippen molar-refractivity contribution in [3.63, 3.8) is 0 Å². The summed E-state index contributed by atoms with van der Waals surface area (Å²) in [7, 11) is 0. The molecular formula is C8H11Cl3. The molecule has 11 heavy (non-hydrogen) atoms. The molecule has 3 heteroatoms. The number of halogens is 3. The Bertz CT molecular complexity index is 155. The van der Waals surface area contributed by atoms with Gasteiger partial charge in [0, 0.05) is 11.3 Å². The lowest BCUT2D eigenvalue weighted by Crippen LogP contribution is -2.27. The van der Waals surface area contributed by atoms with Gasteiger partial charge in [0.15, 0.2) is 0 Å². The summed E-state index contributed by atoms with van der Waals surface area (Å²) in [5.41, 5.74) is 0. The fourth-order valence-corrected chi connectivity index (χ4v) is 4.06. The molecule has 2 bridgehead atoms. The highest BCUT2D eigenvalue weighted by atomic mass is 35.5. The van der Waals surface area contributed by atoms with Crippen LogP contribution in [0.4, 0.5) is 0 Å². The predicted molar refractivity (Wildman–Crippen MR) is 49.5 cm³/mol. The number of hydrogen-bond acceptors (Lipinski definition) is 0. The SMILES string of the molecule is ClC(Cl)[C@H]1[C@@H]2CC[C@@H](C2)[C@@H]1Cl. The maximum absolute atomic E-state index is 6.20. The van der Waals surface area contributed by atoms with Gasteiger partial charge in [-0.2, -0.15) is 0 Å². The number of rotatable bonds is 1. The van der Waals surface area contributed by atoms with Crippen LogP contribution in [0.5, 0.6) is 0 Å². The fourth-order valence-electron chi connectivity index (χ4n) is 2.61. The van der Waals surface area contributed by atoms with Gasteiger partial charge in [0.25, 0.3) is 0 Å². The third-order valence-electron chi connectivity index (χ3n) is 3.17.